The molecule has 1 aromatic carbocycles. The van der Waals surface area contributed by atoms with Gasteiger partial charge in [-0.15, -0.1) is 0 Å². The van der Waals surface area contributed by atoms with Gasteiger partial charge in [0.2, 0.25) is 5.95 Å². The van der Waals surface area contributed by atoms with Crippen LogP contribution in [0.1, 0.15) is 33.4 Å². The lowest BCUT2D eigenvalue weighted by Gasteiger charge is -2.36. The molecule has 16 heteroatoms. The third-order valence-electron chi connectivity index (χ3n) is 6.55. The van der Waals surface area contributed by atoms with Gasteiger partial charge in [0, 0.05) is 6.42 Å². The van der Waals surface area contributed by atoms with Crippen molar-refractivity contribution in [3.8, 4) is 5.75 Å². The molecule has 3 aromatic rings. The molecule has 2 unspecified atom stereocenters. The normalized spacial score (nSPS) is 26.5. The van der Waals surface area contributed by atoms with Crippen molar-refractivity contribution in [3.63, 3.8) is 0 Å². The summed E-state index contributed by atoms with van der Waals surface area (Å²) in [5.41, 5.74) is 3.99. The number of aliphatic hydroxyl groups is 1. The fraction of sp³-hybridized carbons (Fsp3) is 0.500. The predicted octanol–water partition coefficient (Wildman–Crippen LogP) is 1.25. The zero-order valence-corrected chi connectivity index (χ0v) is 22.9. The number of hydrogen-bond acceptors (Lipinski definition) is 12. The summed E-state index contributed by atoms with van der Waals surface area (Å²) in [6.45, 7) is 4.66. The van der Waals surface area contributed by atoms with Crippen molar-refractivity contribution in [3.05, 3.63) is 47.0 Å². The first-order valence-corrected chi connectivity index (χ1v) is 14.2. The molecule has 5 N–H and O–H groups in total. The maximum atomic E-state index is 14.0. The minimum atomic E-state index is -4.23. The average molecular weight is 579 g/mol. The van der Waals surface area contributed by atoms with E-state index >= 15 is 0 Å². The van der Waals surface area contributed by atoms with Crippen LogP contribution in [0.15, 0.2) is 41.5 Å². The number of carbonyl (C=O) groups excluding carboxylic acids is 1. The van der Waals surface area contributed by atoms with Gasteiger partial charge in [-0.3, -0.25) is 23.7 Å². The molecule has 216 valence electrons. The molecule has 0 aliphatic carbocycles. The Morgan fingerprint density at radius 1 is 1.35 bits per heavy atom. The van der Waals surface area contributed by atoms with E-state index in [1.165, 1.54) is 17.8 Å². The molecule has 40 heavy (non-hydrogen) atoms. The quantitative estimate of drug-likeness (QED) is 0.198. The third-order valence-corrected chi connectivity index (χ3v) is 8.18. The molecule has 5 rings (SSSR count). The maximum absolute atomic E-state index is 14.0. The minimum absolute atomic E-state index is 0.0336. The Morgan fingerprint density at radius 2 is 2.10 bits per heavy atom. The number of nitrogens with two attached hydrogens (primary N) is 1. The lowest BCUT2D eigenvalue weighted by molar-refractivity contribution is -0.149. The van der Waals surface area contributed by atoms with Crippen molar-refractivity contribution in [1.29, 1.82) is 0 Å². The highest BCUT2D eigenvalue weighted by Gasteiger charge is 2.59. The van der Waals surface area contributed by atoms with Gasteiger partial charge in [0.05, 0.1) is 25.6 Å². The van der Waals surface area contributed by atoms with Crippen molar-refractivity contribution < 1.29 is 37.7 Å². The summed E-state index contributed by atoms with van der Waals surface area (Å²) in [4.78, 5) is 35.4. The van der Waals surface area contributed by atoms with Gasteiger partial charge in [0.1, 0.15) is 29.6 Å². The summed E-state index contributed by atoms with van der Waals surface area (Å²) in [6.07, 6.45) is -1.93. The van der Waals surface area contributed by atoms with E-state index < -0.39 is 56.0 Å². The highest BCUT2D eigenvalue weighted by molar-refractivity contribution is 7.52. The van der Waals surface area contributed by atoms with Gasteiger partial charge in [-0.25, -0.2) is 9.55 Å². The Hall–Kier alpha value is -3.33. The molecule has 2 saturated heterocycles. The molecule has 2 fully saturated rings. The molecule has 0 spiro atoms. The molecule has 2 aliphatic heterocycles. The number of benzene rings is 1. The van der Waals surface area contributed by atoms with E-state index in [9.17, 15) is 19.3 Å². The van der Waals surface area contributed by atoms with Crippen molar-refractivity contribution in [2.24, 2.45) is 0 Å². The number of aromatic amines is 1. The summed E-state index contributed by atoms with van der Waals surface area (Å²) >= 11 is 0. The number of aromatic nitrogens is 4. The number of nitrogens with one attached hydrogen (secondary N) is 2. The number of esters is 1. The van der Waals surface area contributed by atoms with Crippen LogP contribution in [0.2, 0.25) is 0 Å². The van der Waals surface area contributed by atoms with Crippen molar-refractivity contribution >= 4 is 30.8 Å². The number of nitrogens with zero attached hydrogens (tertiary/aromatic N) is 3. The second-order valence-electron chi connectivity index (χ2n) is 9.89. The standard InChI is InChI=1S/C24H31N6O9P/c1-13(2)37-22(33)14(3)29-40(34,39-15-7-5-4-6-8-15)36-11-24-9-10-35-17(18(24)31)21(38-24)30-12-26-16-19(30)27-23(25)28-20(16)32/h4-8,12-14,17-18,21,31H,9-11H2,1-3H3,(H,29,34)(H3,25,27,28,32)/t14-,17+,18-,21?,24+,40?/m0/s1. The van der Waals surface area contributed by atoms with Crippen LogP contribution in [-0.4, -0.2) is 73.8 Å². The number of anilines is 1. The molecule has 2 aliphatic rings. The monoisotopic (exact) mass is 578 g/mol. The van der Waals surface area contributed by atoms with Crippen molar-refractivity contribution in [1.82, 2.24) is 24.6 Å². The smallest absolute Gasteiger partial charge is 0.459 e. The van der Waals surface area contributed by atoms with Crippen LogP contribution in [0.5, 0.6) is 5.75 Å². The van der Waals surface area contributed by atoms with E-state index in [0.717, 1.165) is 0 Å². The van der Waals surface area contributed by atoms with Gasteiger partial charge in [-0.2, -0.15) is 10.1 Å². The summed E-state index contributed by atoms with van der Waals surface area (Å²) < 4.78 is 44.3. The SMILES string of the molecule is CC(C)OC(=O)[C@H](C)NP(=O)(OC[C@@]12CCO[C@@H](C(n3cnc4c(=O)[nH]c(N)nc43)O1)[C@@H]2O)Oc1ccccc1. The van der Waals surface area contributed by atoms with Gasteiger partial charge in [0.15, 0.2) is 17.4 Å². The molecule has 15 nitrogen and oxygen atoms in total. The van der Waals surface area contributed by atoms with Gasteiger partial charge in [-0.1, -0.05) is 18.2 Å². The zero-order valence-electron chi connectivity index (χ0n) is 22.1. The number of rotatable bonds is 10. The molecule has 6 atom stereocenters. The summed E-state index contributed by atoms with van der Waals surface area (Å²) in [5.74, 6) is -0.532. The van der Waals surface area contributed by atoms with Crippen LogP contribution in [0.25, 0.3) is 11.2 Å². The second kappa shape index (κ2) is 10.9. The number of ether oxygens (including phenoxy) is 3. The number of H-pyrrole nitrogens is 1. The van der Waals surface area contributed by atoms with Gasteiger partial charge >= 0.3 is 13.7 Å². The molecular weight excluding hydrogens is 547 g/mol. The number of carbonyl (C=O) groups is 1. The molecule has 0 radical (unpaired) electrons. The van der Waals surface area contributed by atoms with E-state index in [0.29, 0.717) is 0 Å². The molecule has 2 bridgehead atoms. The van der Waals surface area contributed by atoms with Crippen LogP contribution in [0.3, 0.4) is 0 Å². The number of fused-ring (bicyclic) bond motifs is 3. The topological polar surface area (TPSA) is 202 Å². The Bertz CT molecular complexity index is 1480. The molecule has 0 amide bonds. The first-order chi connectivity index (χ1) is 19.0. The van der Waals surface area contributed by atoms with E-state index in [2.05, 4.69) is 20.0 Å². The summed E-state index contributed by atoms with van der Waals surface area (Å²) in [7, 11) is -4.23. The van der Waals surface area contributed by atoms with Crippen LogP contribution >= 0.6 is 7.75 Å². The molecule has 2 aromatic heterocycles. The lowest BCUT2D eigenvalue weighted by Crippen LogP contribution is -2.52. The molecular formula is C24H31N6O9P. The van der Waals surface area contributed by atoms with E-state index in [-0.39, 0.29) is 42.0 Å². The molecule has 4 heterocycles. The largest absolute Gasteiger partial charge is 0.462 e. The van der Waals surface area contributed by atoms with Crippen LogP contribution in [0.4, 0.5) is 5.95 Å². The number of imidazole rings is 1. The van der Waals surface area contributed by atoms with Crippen molar-refractivity contribution in [2.75, 3.05) is 18.9 Å². The zero-order chi connectivity index (χ0) is 28.7. The minimum Gasteiger partial charge on any atom is -0.462 e. The van der Waals surface area contributed by atoms with E-state index in [4.69, 9.17) is 29.0 Å². The average Bonchev–Trinajstić information content (AvgIpc) is 3.35. The van der Waals surface area contributed by atoms with Gasteiger partial charge < -0.3 is 29.6 Å². The van der Waals surface area contributed by atoms with Gasteiger partial charge in [0.25, 0.3) is 5.56 Å². The predicted molar refractivity (Wildman–Crippen MR) is 140 cm³/mol. The number of nitrogen functional groups attached to an aromatic ring is 1. The van der Waals surface area contributed by atoms with Crippen LogP contribution in [0, 0.1) is 0 Å². The number of para-hydroxylation sites is 1. The first kappa shape index (κ1) is 28.2. The lowest BCUT2D eigenvalue weighted by atomic mass is 9.90. The fourth-order valence-corrected chi connectivity index (χ4v) is 6.19. The summed E-state index contributed by atoms with van der Waals surface area (Å²) in [5, 5.41) is 13.9. The van der Waals surface area contributed by atoms with Crippen LogP contribution < -0.4 is 20.9 Å². The Labute approximate surface area is 228 Å². The summed E-state index contributed by atoms with van der Waals surface area (Å²) in [6, 6.07) is 7.25. The Balaban J connectivity index is 1.40. The highest BCUT2D eigenvalue weighted by atomic mass is 31.2. The van der Waals surface area contributed by atoms with E-state index in [1.807, 2.05) is 0 Å². The Morgan fingerprint density at radius 3 is 2.83 bits per heavy atom. The van der Waals surface area contributed by atoms with Crippen molar-refractivity contribution in [2.45, 2.75) is 63.4 Å². The first-order valence-electron chi connectivity index (χ1n) is 12.7. The fourth-order valence-electron chi connectivity index (χ4n) is 4.65. The maximum Gasteiger partial charge on any atom is 0.459 e. The highest BCUT2D eigenvalue weighted by Crippen LogP contribution is 2.50. The van der Waals surface area contributed by atoms with Gasteiger partial charge in [-0.05, 0) is 32.9 Å². The number of hydrogen-bond donors (Lipinski definition) is 4. The second-order valence-corrected chi connectivity index (χ2v) is 11.6. The number of aliphatic hydroxyl groups excluding tert-OH is 1. The van der Waals surface area contributed by atoms with E-state index in [1.54, 1.807) is 44.2 Å². The third kappa shape index (κ3) is 5.48. The van der Waals surface area contributed by atoms with Crippen LogP contribution in [-0.2, 0) is 28.1 Å². The molecule has 0 saturated carbocycles. The Kier molecular flexibility index (Phi) is 7.70.